The second-order valence-electron chi connectivity index (χ2n) is 8.50. The van der Waals surface area contributed by atoms with Crippen molar-refractivity contribution in [3.8, 4) is 0 Å². The summed E-state index contributed by atoms with van der Waals surface area (Å²) in [5.41, 5.74) is 0.529. The minimum atomic E-state index is -0.352. The van der Waals surface area contributed by atoms with Crippen molar-refractivity contribution in [1.29, 1.82) is 0 Å². The molecule has 0 fully saturated rings. The van der Waals surface area contributed by atoms with E-state index in [2.05, 4.69) is 0 Å². The van der Waals surface area contributed by atoms with Crippen LogP contribution in [0.5, 0.6) is 0 Å². The van der Waals surface area contributed by atoms with Crippen molar-refractivity contribution in [3.63, 3.8) is 0 Å². The second kappa shape index (κ2) is 30.6. The van der Waals surface area contributed by atoms with Crippen LogP contribution in [0.15, 0.2) is 30.3 Å². The fourth-order valence-corrected chi connectivity index (χ4v) is 3.33. The number of hydrogen-bond acceptors (Lipinski definition) is 10. The predicted molar refractivity (Wildman–Crippen MR) is 152 cm³/mol. The lowest BCUT2D eigenvalue weighted by molar-refractivity contribution is -0.0244. The van der Waals surface area contributed by atoms with E-state index in [1.54, 1.807) is 24.3 Å². The summed E-state index contributed by atoms with van der Waals surface area (Å²) in [4.78, 5) is 11.8. The molecular formula is C29H49ClO10. The molecule has 11 heteroatoms. The number of carbonyl (C=O) groups is 1. The van der Waals surface area contributed by atoms with E-state index in [0.29, 0.717) is 105 Å². The Kier molecular flexibility index (Phi) is 28.1. The summed E-state index contributed by atoms with van der Waals surface area (Å²) in [5, 5.41) is 0. The van der Waals surface area contributed by atoms with Crippen LogP contribution < -0.4 is 0 Å². The van der Waals surface area contributed by atoms with Crippen LogP contribution in [0.2, 0.25) is 0 Å². The van der Waals surface area contributed by atoms with Gasteiger partial charge in [-0.2, -0.15) is 0 Å². The van der Waals surface area contributed by atoms with Gasteiger partial charge in [0.1, 0.15) is 6.61 Å². The molecule has 0 N–H and O–H groups in total. The van der Waals surface area contributed by atoms with Crippen LogP contribution in [0.25, 0.3) is 0 Å². The number of ether oxygens (including phenoxy) is 9. The van der Waals surface area contributed by atoms with Gasteiger partial charge in [0.2, 0.25) is 0 Å². The van der Waals surface area contributed by atoms with E-state index in [-0.39, 0.29) is 12.6 Å². The maximum atomic E-state index is 11.8. The Balaban J connectivity index is 1.65. The van der Waals surface area contributed by atoms with E-state index < -0.39 is 0 Å². The summed E-state index contributed by atoms with van der Waals surface area (Å²) < 4.78 is 48.8. The first-order chi connectivity index (χ1) is 19.8. The summed E-state index contributed by atoms with van der Waals surface area (Å²) >= 11 is 5.64. The molecule has 0 aliphatic rings. The van der Waals surface area contributed by atoms with Crippen molar-refractivity contribution in [1.82, 2.24) is 0 Å². The summed E-state index contributed by atoms with van der Waals surface area (Å²) in [7, 11) is 0. The van der Waals surface area contributed by atoms with Crippen molar-refractivity contribution in [3.05, 3.63) is 35.9 Å². The summed E-state index contributed by atoms with van der Waals surface area (Å²) in [6, 6.07) is 8.86. The van der Waals surface area contributed by atoms with Gasteiger partial charge in [0.05, 0.1) is 105 Å². The van der Waals surface area contributed by atoms with E-state index in [1.807, 2.05) is 6.07 Å². The van der Waals surface area contributed by atoms with Crippen molar-refractivity contribution in [2.24, 2.45) is 0 Å². The first-order valence-electron chi connectivity index (χ1n) is 14.2. The van der Waals surface area contributed by atoms with Crippen molar-refractivity contribution >= 4 is 17.6 Å². The third-order valence-corrected chi connectivity index (χ3v) is 5.51. The molecule has 0 radical (unpaired) electrons. The molecule has 0 aliphatic heterocycles. The highest BCUT2D eigenvalue weighted by molar-refractivity contribution is 6.17. The predicted octanol–water partition coefficient (Wildman–Crippen LogP) is 3.78. The summed E-state index contributed by atoms with van der Waals surface area (Å²) in [6.45, 7) is 8.51. The molecule has 0 unspecified atom stereocenters. The third kappa shape index (κ3) is 25.6. The molecule has 0 aromatic heterocycles. The van der Waals surface area contributed by atoms with Crippen LogP contribution in [0.1, 0.15) is 36.0 Å². The highest BCUT2D eigenvalue weighted by atomic mass is 35.5. The van der Waals surface area contributed by atoms with Crippen molar-refractivity contribution in [2.45, 2.75) is 25.7 Å². The number of hydrogen-bond donors (Lipinski definition) is 0. The number of carbonyl (C=O) groups excluding carboxylic acids is 1. The van der Waals surface area contributed by atoms with Crippen LogP contribution in [0.3, 0.4) is 0 Å². The van der Waals surface area contributed by atoms with E-state index in [1.165, 1.54) is 12.8 Å². The zero-order valence-corrected chi connectivity index (χ0v) is 24.7. The monoisotopic (exact) mass is 592 g/mol. The molecule has 1 aromatic rings. The number of halogens is 1. The number of benzene rings is 1. The first kappa shape index (κ1) is 36.7. The van der Waals surface area contributed by atoms with E-state index >= 15 is 0 Å². The van der Waals surface area contributed by atoms with Gasteiger partial charge in [-0.05, 0) is 25.0 Å². The average molecular weight is 593 g/mol. The van der Waals surface area contributed by atoms with Crippen LogP contribution in [-0.4, -0.2) is 124 Å². The van der Waals surface area contributed by atoms with Gasteiger partial charge in [-0.1, -0.05) is 31.0 Å². The average Bonchev–Trinajstić information content (AvgIpc) is 2.98. The fourth-order valence-electron chi connectivity index (χ4n) is 3.14. The topological polar surface area (TPSA) is 100 Å². The quantitative estimate of drug-likeness (QED) is 0.0719. The zero-order chi connectivity index (χ0) is 28.6. The number of alkyl halides is 1. The van der Waals surface area contributed by atoms with E-state index in [9.17, 15) is 4.79 Å². The molecule has 10 nitrogen and oxygen atoms in total. The van der Waals surface area contributed by atoms with E-state index in [4.69, 9.17) is 54.2 Å². The highest BCUT2D eigenvalue weighted by Gasteiger charge is 2.05. The Bertz CT molecular complexity index is 653. The lowest BCUT2D eigenvalue weighted by atomic mass is 10.2. The highest BCUT2D eigenvalue weighted by Crippen LogP contribution is 2.01. The largest absolute Gasteiger partial charge is 0.460 e. The first-order valence-corrected chi connectivity index (χ1v) is 14.8. The molecule has 0 bridgehead atoms. The number of esters is 1. The molecule has 0 saturated carbocycles. The molecule has 0 heterocycles. The molecule has 0 aliphatic carbocycles. The Labute approximate surface area is 244 Å². The van der Waals surface area contributed by atoms with Crippen LogP contribution >= 0.6 is 11.6 Å². The standard InChI is InChI=1S/C29H49ClO10/c30-10-6-1-2-7-11-32-12-13-33-14-15-34-16-17-35-18-19-36-20-21-37-22-23-38-24-25-39-26-27-40-29(31)28-8-4-3-5-9-28/h3-5,8-9H,1-2,6-7,10-27H2. The molecular weight excluding hydrogens is 544 g/mol. The van der Waals surface area contributed by atoms with Gasteiger partial charge in [0.25, 0.3) is 0 Å². The maximum Gasteiger partial charge on any atom is 0.338 e. The Hall–Kier alpha value is -1.34. The molecule has 0 spiro atoms. The Morgan fingerprint density at radius 3 is 1.20 bits per heavy atom. The van der Waals surface area contributed by atoms with Gasteiger partial charge in [0.15, 0.2) is 0 Å². The van der Waals surface area contributed by atoms with Gasteiger partial charge in [-0.3, -0.25) is 0 Å². The van der Waals surface area contributed by atoms with Crippen LogP contribution in [0, 0.1) is 0 Å². The van der Waals surface area contributed by atoms with Crippen molar-refractivity contribution < 1.29 is 47.4 Å². The Morgan fingerprint density at radius 2 is 0.800 bits per heavy atom. The summed E-state index contributed by atoms with van der Waals surface area (Å²) in [5.74, 6) is 0.390. The minimum absolute atomic E-state index is 0.207. The van der Waals surface area contributed by atoms with Gasteiger partial charge in [0, 0.05) is 12.5 Å². The molecule has 232 valence electrons. The van der Waals surface area contributed by atoms with Crippen LogP contribution in [0.4, 0.5) is 0 Å². The summed E-state index contributed by atoms with van der Waals surface area (Å²) in [6.07, 6.45) is 4.49. The minimum Gasteiger partial charge on any atom is -0.460 e. The number of rotatable bonds is 31. The molecule has 1 rings (SSSR count). The Morgan fingerprint density at radius 1 is 0.450 bits per heavy atom. The van der Waals surface area contributed by atoms with Crippen molar-refractivity contribution in [2.75, 3.05) is 118 Å². The second-order valence-corrected chi connectivity index (χ2v) is 8.88. The molecule has 0 atom stereocenters. The zero-order valence-electron chi connectivity index (χ0n) is 23.9. The third-order valence-electron chi connectivity index (χ3n) is 5.25. The fraction of sp³-hybridized carbons (Fsp3) is 0.759. The van der Waals surface area contributed by atoms with Gasteiger partial charge < -0.3 is 42.6 Å². The lowest BCUT2D eigenvalue weighted by Crippen LogP contribution is -2.15. The van der Waals surface area contributed by atoms with Gasteiger partial charge in [-0.15, -0.1) is 11.6 Å². The number of unbranched alkanes of at least 4 members (excludes halogenated alkanes) is 3. The normalized spacial score (nSPS) is 11.2. The molecule has 1 aromatic carbocycles. The maximum absolute atomic E-state index is 11.8. The van der Waals surface area contributed by atoms with Crippen LogP contribution in [-0.2, 0) is 42.6 Å². The molecule has 0 amide bonds. The SMILES string of the molecule is O=C(OCCOCCOCCOCCOCCOCCOCCOCCOCCCCCCCl)c1ccccc1. The molecule has 0 saturated heterocycles. The van der Waals surface area contributed by atoms with E-state index in [0.717, 1.165) is 25.3 Å². The van der Waals surface area contributed by atoms with Gasteiger partial charge in [-0.25, -0.2) is 4.79 Å². The lowest BCUT2D eigenvalue weighted by Gasteiger charge is -2.09. The smallest absolute Gasteiger partial charge is 0.338 e. The van der Waals surface area contributed by atoms with Gasteiger partial charge >= 0.3 is 5.97 Å². The molecule has 40 heavy (non-hydrogen) atoms.